The molecule has 0 aromatic heterocycles. The van der Waals surface area contributed by atoms with Crippen molar-refractivity contribution in [1.29, 1.82) is 0 Å². The number of benzene rings is 1. The molecule has 1 fully saturated rings. The lowest BCUT2D eigenvalue weighted by molar-refractivity contribution is -0.137. The van der Waals surface area contributed by atoms with E-state index >= 15 is 0 Å². The van der Waals surface area contributed by atoms with Crippen LogP contribution in [0.1, 0.15) is 18.4 Å². The molecule has 2 rings (SSSR count). The van der Waals surface area contributed by atoms with Crippen LogP contribution >= 0.6 is 0 Å². The Kier molecular flexibility index (Phi) is 3.75. The molecule has 1 N–H and O–H groups in total. The first-order valence-electron chi connectivity index (χ1n) is 5.92. The van der Waals surface area contributed by atoms with Crippen molar-refractivity contribution >= 4 is 17.8 Å². The second-order valence-electron chi connectivity index (χ2n) is 4.01. The fraction of sp³-hybridized carbons (Fsp3) is 0.214. The smallest absolute Gasteiger partial charge is 0.331 e. The number of ether oxygens (including phenoxy) is 1. The molecule has 1 unspecified atom stereocenters. The summed E-state index contributed by atoms with van der Waals surface area (Å²) in [6.07, 6.45) is 1.08. The highest BCUT2D eigenvalue weighted by Gasteiger charge is 2.37. The molecule has 1 aliphatic heterocycles. The lowest BCUT2D eigenvalue weighted by atomic mass is 9.93. The number of nitrogens with one attached hydrogen (secondary N) is 1. The van der Waals surface area contributed by atoms with Gasteiger partial charge in [-0.05, 0) is 12.5 Å². The van der Waals surface area contributed by atoms with E-state index in [0.29, 0.717) is 5.56 Å². The molecule has 19 heavy (non-hydrogen) atoms. The SMILES string of the molecule is CCOC(=O)/C=C1/C(=O)NC(=O)C1c1ccccc1. The van der Waals surface area contributed by atoms with Crippen LogP contribution in [0.4, 0.5) is 0 Å². The largest absolute Gasteiger partial charge is 0.463 e. The van der Waals surface area contributed by atoms with Crippen molar-refractivity contribution in [2.24, 2.45) is 0 Å². The van der Waals surface area contributed by atoms with Crippen molar-refractivity contribution in [2.75, 3.05) is 6.61 Å². The van der Waals surface area contributed by atoms with E-state index in [1.807, 2.05) is 6.07 Å². The average Bonchev–Trinajstić information content (AvgIpc) is 2.65. The van der Waals surface area contributed by atoms with E-state index in [4.69, 9.17) is 4.74 Å². The van der Waals surface area contributed by atoms with Gasteiger partial charge in [0.2, 0.25) is 5.91 Å². The Balaban J connectivity index is 2.37. The molecule has 0 bridgehead atoms. The molecule has 1 aromatic carbocycles. The van der Waals surface area contributed by atoms with Gasteiger partial charge in [-0.3, -0.25) is 14.9 Å². The van der Waals surface area contributed by atoms with Crippen molar-refractivity contribution < 1.29 is 19.1 Å². The normalized spacial score (nSPS) is 20.5. The van der Waals surface area contributed by atoms with E-state index < -0.39 is 23.7 Å². The lowest BCUT2D eigenvalue weighted by Crippen LogP contribution is -2.21. The minimum absolute atomic E-state index is 0.120. The zero-order valence-corrected chi connectivity index (χ0v) is 10.4. The summed E-state index contributed by atoms with van der Waals surface area (Å²) in [5.41, 5.74) is 0.788. The van der Waals surface area contributed by atoms with Crippen molar-refractivity contribution in [3.8, 4) is 0 Å². The summed E-state index contributed by atoms with van der Waals surface area (Å²) in [6.45, 7) is 1.89. The highest BCUT2D eigenvalue weighted by Crippen LogP contribution is 2.29. The Morgan fingerprint density at radius 3 is 2.63 bits per heavy atom. The van der Waals surface area contributed by atoms with Gasteiger partial charge in [0.1, 0.15) is 0 Å². The van der Waals surface area contributed by atoms with Gasteiger partial charge >= 0.3 is 5.97 Å². The number of amides is 2. The van der Waals surface area contributed by atoms with E-state index in [1.165, 1.54) is 0 Å². The first-order chi connectivity index (χ1) is 9.13. The van der Waals surface area contributed by atoms with Crippen LogP contribution in [0.5, 0.6) is 0 Å². The van der Waals surface area contributed by atoms with E-state index in [-0.39, 0.29) is 12.2 Å². The monoisotopic (exact) mass is 259 g/mol. The number of carbonyl (C=O) groups is 3. The maximum absolute atomic E-state index is 11.8. The molecule has 0 radical (unpaired) electrons. The third-order valence-corrected chi connectivity index (χ3v) is 2.76. The fourth-order valence-electron chi connectivity index (χ4n) is 1.96. The number of imide groups is 1. The topological polar surface area (TPSA) is 72.5 Å². The number of hydrogen-bond acceptors (Lipinski definition) is 4. The van der Waals surface area contributed by atoms with Crippen LogP contribution in [-0.2, 0) is 19.1 Å². The quantitative estimate of drug-likeness (QED) is 0.497. The Hall–Kier alpha value is -2.43. The van der Waals surface area contributed by atoms with Gasteiger partial charge in [-0.25, -0.2) is 4.79 Å². The summed E-state index contributed by atoms with van der Waals surface area (Å²) in [7, 11) is 0. The van der Waals surface area contributed by atoms with E-state index in [9.17, 15) is 14.4 Å². The summed E-state index contributed by atoms with van der Waals surface area (Å²) in [4.78, 5) is 34.9. The van der Waals surface area contributed by atoms with Gasteiger partial charge in [-0.15, -0.1) is 0 Å². The summed E-state index contributed by atoms with van der Waals surface area (Å²) in [6, 6.07) is 8.83. The molecule has 1 aromatic rings. The summed E-state index contributed by atoms with van der Waals surface area (Å²) >= 11 is 0. The van der Waals surface area contributed by atoms with Crippen LogP contribution in [0.3, 0.4) is 0 Å². The predicted octanol–water partition coefficient (Wildman–Crippen LogP) is 0.916. The Bertz CT molecular complexity index is 548. The molecule has 5 heteroatoms. The average molecular weight is 259 g/mol. The van der Waals surface area contributed by atoms with Gasteiger partial charge in [-0.1, -0.05) is 30.3 Å². The minimum atomic E-state index is -0.752. The lowest BCUT2D eigenvalue weighted by Gasteiger charge is -2.08. The van der Waals surface area contributed by atoms with Crippen LogP contribution in [-0.4, -0.2) is 24.4 Å². The van der Waals surface area contributed by atoms with Gasteiger partial charge in [0.25, 0.3) is 5.91 Å². The highest BCUT2D eigenvalue weighted by molar-refractivity contribution is 6.19. The van der Waals surface area contributed by atoms with E-state index in [0.717, 1.165) is 6.08 Å². The first-order valence-corrected chi connectivity index (χ1v) is 5.92. The molecule has 1 atom stereocenters. The Morgan fingerprint density at radius 2 is 2.00 bits per heavy atom. The van der Waals surface area contributed by atoms with Gasteiger partial charge in [-0.2, -0.15) is 0 Å². The summed E-state index contributed by atoms with van der Waals surface area (Å²) < 4.78 is 4.76. The van der Waals surface area contributed by atoms with Crippen LogP contribution < -0.4 is 5.32 Å². The molecule has 0 aliphatic carbocycles. The molecule has 0 spiro atoms. The fourth-order valence-corrected chi connectivity index (χ4v) is 1.96. The maximum Gasteiger partial charge on any atom is 0.331 e. The molecule has 98 valence electrons. The minimum Gasteiger partial charge on any atom is -0.463 e. The molecular weight excluding hydrogens is 246 g/mol. The molecule has 1 aliphatic rings. The zero-order valence-electron chi connectivity index (χ0n) is 10.4. The third kappa shape index (κ3) is 2.70. The van der Waals surface area contributed by atoms with Crippen LogP contribution in [0.15, 0.2) is 42.0 Å². The van der Waals surface area contributed by atoms with Gasteiger partial charge in [0.15, 0.2) is 0 Å². The molecule has 0 saturated carbocycles. The Morgan fingerprint density at radius 1 is 1.32 bits per heavy atom. The van der Waals surface area contributed by atoms with Gasteiger partial charge in [0, 0.05) is 11.6 Å². The number of rotatable bonds is 3. The van der Waals surface area contributed by atoms with Crippen molar-refractivity contribution in [1.82, 2.24) is 5.32 Å². The predicted molar refractivity (Wildman–Crippen MR) is 67.0 cm³/mol. The van der Waals surface area contributed by atoms with Crippen molar-refractivity contribution in [2.45, 2.75) is 12.8 Å². The summed E-state index contributed by atoms with van der Waals surface area (Å²) in [5.74, 6) is -2.35. The summed E-state index contributed by atoms with van der Waals surface area (Å²) in [5, 5.41) is 2.21. The number of hydrogen-bond donors (Lipinski definition) is 1. The third-order valence-electron chi connectivity index (χ3n) is 2.76. The number of esters is 1. The Labute approximate surface area is 110 Å². The van der Waals surface area contributed by atoms with Crippen LogP contribution in [0.2, 0.25) is 0 Å². The van der Waals surface area contributed by atoms with Gasteiger partial charge < -0.3 is 4.74 Å². The number of carbonyl (C=O) groups excluding carboxylic acids is 3. The second-order valence-corrected chi connectivity index (χ2v) is 4.01. The van der Waals surface area contributed by atoms with E-state index in [1.54, 1.807) is 31.2 Å². The van der Waals surface area contributed by atoms with Crippen LogP contribution in [0.25, 0.3) is 0 Å². The molecule has 2 amide bonds. The zero-order chi connectivity index (χ0) is 13.8. The molecular formula is C14H13NO4. The highest BCUT2D eigenvalue weighted by atomic mass is 16.5. The second kappa shape index (κ2) is 5.48. The molecule has 1 saturated heterocycles. The maximum atomic E-state index is 11.8. The van der Waals surface area contributed by atoms with Crippen molar-refractivity contribution in [3.63, 3.8) is 0 Å². The standard InChI is InChI=1S/C14H13NO4/c1-2-19-11(16)8-10-12(14(18)15-13(10)17)9-6-4-3-5-7-9/h3-8,12H,2H2,1H3,(H,15,17,18)/b10-8+. The first kappa shape index (κ1) is 13.0. The molecule has 5 nitrogen and oxygen atoms in total. The van der Waals surface area contributed by atoms with Gasteiger partial charge in [0.05, 0.1) is 12.5 Å². The molecule has 1 heterocycles. The van der Waals surface area contributed by atoms with E-state index in [2.05, 4.69) is 5.32 Å². The van der Waals surface area contributed by atoms with Crippen molar-refractivity contribution in [3.05, 3.63) is 47.5 Å². The van der Waals surface area contributed by atoms with Crippen LogP contribution in [0, 0.1) is 0 Å².